The van der Waals surface area contributed by atoms with Crippen molar-refractivity contribution in [3.8, 4) is 0 Å². The molecular weight excluding hydrogens is 454 g/mol. The molecule has 0 aromatic rings. The average Bonchev–Trinajstić information content (AvgIpc) is 2.70. The SMILES string of the molecule is CC(C)CC(N)C(=O)NC(C(=O)NC(CS)C(=O)NC(CCCN=C(N)N)C(=O)O)C(C)O. The maximum absolute atomic E-state index is 12.6. The quantitative estimate of drug-likeness (QED) is 0.0499. The van der Waals surface area contributed by atoms with Gasteiger partial charge in [-0.3, -0.25) is 19.4 Å². The molecule has 0 bridgehead atoms. The van der Waals surface area contributed by atoms with Crippen molar-refractivity contribution in [1.82, 2.24) is 16.0 Å². The number of thiol groups is 1. The average molecular weight is 492 g/mol. The molecule has 0 aliphatic heterocycles. The Bertz CT molecular complexity index is 700. The predicted molar refractivity (Wildman–Crippen MR) is 126 cm³/mol. The highest BCUT2D eigenvalue weighted by molar-refractivity contribution is 7.80. The van der Waals surface area contributed by atoms with E-state index in [1.54, 1.807) is 0 Å². The first-order valence-corrected chi connectivity index (χ1v) is 11.2. The number of hydrogen-bond acceptors (Lipinski definition) is 8. The third-order valence-corrected chi connectivity index (χ3v) is 4.87. The van der Waals surface area contributed by atoms with Crippen LogP contribution in [0.4, 0.5) is 0 Å². The van der Waals surface area contributed by atoms with E-state index in [0.717, 1.165) is 0 Å². The highest BCUT2D eigenvalue weighted by atomic mass is 32.1. The van der Waals surface area contributed by atoms with E-state index in [9.17, 15) is 29.4 Å². The van der Waals surface area contributed by atoms with Gasteiger partial charge < -0.3 is 43.4 Å². The van der Waals surface area contributed by atoms with Gasteiger partial charge in [-0.15, -0.1) is 0 Å². The van der Waals surface area contributed by atoms with Crippen molar-refractivity contribution < 1.29 is 29.4 Å². The first-order chi connectivity index (χ1) is 15.3. The molecule has 5 atom stereocenters. The summed E-state index contributed by atoms with van der Waals surface area (Å²) in [7, 11) is 0. The van der Waals surface area contributed by atoms with E-state index >= 15 is 0 Å². The first-order valence-electron chi connectivity index (χ1n) is 10.5. The molecule has 0 heterocycles. The molecule has 13 nitrogen and oxygen atoms in total. The zero-order valence-corrected chi connectivity index (χ0v) is 20.0. The molecule has 14 heteroatoms. The molecule has 33 heavy (non-hydrogen) atoms. The summed E-state index contributed by atoms with van der Waals surface area (Å²) in [5.41, 5.74) is 16.2. The van der Waals surface area contributed by atoms with E-state index in [-0.39, 0.29) is 30.6 Å². The standard InChI is InChI=1S/C19H37N7O6S/c1-9(2)7-11(20)15(28)26-14(10(3)27)17(30)25-13(8-33)16(29)24-12(18(31)32)5-4-6-23-19(21)22/h9-14,27,33H,4-8,20H2,1-3H3,(H,24,29)(H,25,30)(H,26,28)(H,31,32)(H4,21,22,23). The van der Waals surface area contributed by atoms with Gasteiger partial charge >= 0.3 is 5.97 Å². The Hall–Kier alpha value is -2.58. The van der Waals surface area contributed by atoms with Crippen LogP contribution in [0.3, 0.4) is 0 Å². The van der Waals surface area contributed by atoms with Crippen LogP contribution in [0.2, 0.25) is 0 Å². The van der Waals surface area contributed by atoms with E-state index in [4.69, 9.17) is 17.2 Å². The van der Waals surface area contributed by atoms with Crippen molar-refractivity contribution in [2.75, 3.05) is 12.3 Å². The molecule has 5 unspecified atom stereocenters. The molecule has 190 valence electrons. The normalized spacial score (nSPS) is 15.5. The van der Waals surface area contributed by atoms with Gasteiger partial charge in [0.25, 0.3) is 0 Å². The number of nitrogens with zero attached hydrogens (tertiary/aromatic N) is 1. The number of carbonyl (C=O) groups is 4. The summed E-state index contributed by atoms with van der Waals surface area (Å²) < 4.78 is 0. The summed E-state index contributed by atoms with van der Waals surface area (Å²) in [5, 5.41) is 26.4. The van der Waals surface area contributed by atoms with Gasteiger partial charge in [-0.2, -0.15) is 12.6 Å². The lowest BCUT2D eigenvalue weighted by atomic mass is 10.0. The van der Waals surface area contributed by atoms with E-state index in [1.807, 2.05) is 13.8 Å². The Kier molecular flexibility index (Phi) is 14.1. The van der Waals surface area contributed by atoms with Crippen LogP contribution in [0.5, 0.6) is 0 Å². The van der Waals surface area contributed by atoms with Crippen molar-refractivity contribution >= 4 is 42.3 Å². The van der Waals surface area contributed by atoms with Crippen molar-refractivity contribution in [1.29, 1.82) is 0 Å². The lowest BCUT2D eigenvalue weighted by Crippen LogP contribution is -2.60. The minimum absolute atomic E-state index is 0.0468. The Balaban J connectivity index is 5.11. The Morgan fingerprint density at radius 2 is 1.55 bits per heavy atom. The molecule has 0 radical (unpaired) electrons. The summed E-state index contributed by atoms with van der Waals surface area (Å²) in [6, 6.07) is -4.71. The molecule has 0 saturated carbocycles. The molecule has 3 amide bonds. The summed E-state index contributed by atoms with van der Waals surface area (Å²) >= 11 is 4.03. The molecule has 0 aliphatic rings. The topological polar surface area (TPSA) is 235 Å². The molecule has 0 fully saturated rings. The number of rotatable bonds is 15. The summed E-state index contributed by atoms with van der Waals surface area (Å²) in [6.45, 7) is 5.25. The molecule has 0 aliphatic carbocycles. The van der Waals surface area contributed by atoms with Crippen LogP contribution < -0.4 is 33.2 Å². The number of aliphatic imine (C=N–C) groups is 1. The van der Waals surface area contributed by atoms with Crippen LogP contribution in [0.1, 0.15) is 40.0 Å². The van der Waals surface area contributed by atoms with Crippen molar-refractivity contribution in [3.05, 3.63) is 0 Å². The van der Waals surface area contributed by atoms with Crippen LogP contribution in [-0.4, -0.2) is 82.4 Å². The van der Waals surface area contributed by atoms with E-state index in [2.05, 4.69) is 33.6 Å². The lowest BCUT2D eigenvalue weighted by molar-refractivity contribution is -0.142. The molecule has 0 rings (SSSR count). The van der Waals surface area contributed by atoms with E-state index < -0.39 is 54.0 Å². The number of nitrogens with one attached hydrogen (secondary N) is 3. The number of hydrogen-bond donors (Lipinski definition) is 9. The smallest absolute Gasteiger partial charge is 0.326 e. The number of amides is 3. The number of guanidine groups is 1. The number of aliphatic hydroxyl groups is 1. The van der Waals surface area contributed by atoms with Gasteiger partial charge in [0, 0.05) is 12.3 Å². The fourth-order valence-corrected chi connectivity index (χ4v) is 3.03. The monoisotopic (exact) mass is 491 g/mol. The third kappa shape index (κ3) is 12.3. The van der Waals surface area contributed by atoms with Crippen molar-refractivity contribution in [3.63, 3.8) is 0 Å². The maximum Gasteiger partial charge on any atom is 0.326 e. The number of carbonyl (C=O) groups excluding carboxylic acids is 3. The van der Waals surface area contributed by atoms with Crippen LogP contribution in [0.15, 0.2) is 4.99 Å². The lowest BCUT2D eigenvalue weighted by Gasteiger charge is -2.26. The van der Waals surface area contributed by atoms with Gasteiger partial charge in [-0.25, -0.2) is 4.79 Å². The van der Waals surface area contributed by atoms with Gasteiger partial charge in [0.05, 0.1) is 12.1 Å². The summed E-state index contributed by atoms with van der Waals surface area (Å²) in [4.78, 5) is 52.6. The maximum atomic E-state index is 12.6. The number of aliphatic hydroxyl groups excluding tert-OH is 1. The predicted octanol–water partition coefficient (Wildman–Crippen LogP) is -2.74. The fraction of sp³-hybridized carbons (Fsp3) is 0.737. The van der Waals surface area contributed by atoms with Gasteiger partial charge in [0.2, 0.25) is 17.7 Å². The summed E-state index contributed by atoms with van der Waals surface area (Å²) in [5.74, 6) is -3.68. The minimum atomic E-state index is -1.37. The van der Waals surface area contributed by atoms with Crippen LogP contribution in [0.25, 0.3) is 0 Å². The number of nitrogens with two attached hydrogens (primary N) is 3. The van der Waals surface area contributed by atoms with Gasteiger partial charge in [0.15, 0.2) is 5.96 Å². The van der Waals surface area contributed by atoms with Gasteiger partial charge in [-0.1, -0.05) is 13.8 Å². The molecule has 0 aromatic carbocycles. The number of carboxylic acid groups (broad SMARTS) is 1. The summed E-state index contributed by atoms with van der Waals surface area (Å²) in [6.07, 6.45) is -0.571. The highest BCUT2D eigenvalue weighted by Gasteiger charge is 2.32. The Morgan fingerprint density at radius 3 is 2.00 bits per heavy atom. The van der Waals surface area contributed by atoms with Crippen LogP contribution in [0, 0.1) is 5.92 Å². The fourth-order valence-electron chi connectivity index (χ4n) is 2.77. The second-order valence-electron chi connectivity index (χ2n) is 8.05. The van der Waals surface area contributed by atoms with Crippen molar-refractivity contribution in [2.45, 2.75) is 70.3 Å². The van der Waals surface area contributed by atoms with Crippen molar-refractivity contribution in [2.24, 2.45) is 28.1 Å². The molecule has 0 saturated heterocycles. The first kappa shape index (κ1) is 30.4. The highest BCUT2D eigenvalue weighted by Crippen LogP contribution is 2.05. The Labute approximate surface area is 198 Å². The molecular formula is C19H37N7O6S. The van der Waals surface area contributed by atoms with E-state index in [1.165, 1.54) is 6.92 Å². The molecule has 0 spiro atoms. The zero-order valence-electron chi connectivity index (χ0n) is 19.2. The number of aliphatic carboxylic acids is 1. The van der Waals surface area contributed by atoms with Gasteiger partial charge in [-0.05, 0) is 32.1 Å². The Morgan fingerprint density at radius 1 is 0.970 bits per heavy atom. The molecule has 0 aromatic heterocycles. The van der Waals surface area contributed by atoms with Crippen LogP contribution >= 0.6 is 12.6 Å². The van der Waals surface area contributed by atoms with Crippen LogP contribution in [-0.2, 0) is 19.2 Å². The largest absolute Gasteiger partial charge is 0.480 e. The zero-order chi connectivity index (χ0) is 25.7. The second-order valence-corrected chi connectivity index (χ2v) is 8.42. The van der Waals surface area contributed by atoms with E-state index in [0.29, 0.717) is 12.8 Å². The molecule has 11 N–H and O–H groups in total. The number of carboxylic acids is 1. The van der Waals surface area contributed by atoms with Gasteiger partial charge in [0.1, 0.15) is 18.1 Å². The third-order valence-electron chi connectivity index (χ3n) is 4.50. The minimum Gasteiger partial charge on any atom is -0.480 e. The second kappa shape index (κ2) is 15.3.